The van der Waals surface area contributed by atoms with Gasteiger partial charge < -0.3 is 16.0 Å². The molecule has 1 saturated heterocycles. The molecule has 3 N–H and O–H groups in total. The molecule has 2 heterocycles. The van der Waals surface area contributed by atoms with Crippen molar-refractivity contribution in [3.63, 3.8) is 0 Å². The minimum Gasteiger partial charge on any atom is -0.369 e. The molecular formula is C8H13N5OS2. The molecule has 6 nitrogen and oxygen atoms in total. The number of anilines is 1. The number of nitrogens with one attached hydrogen (secondary N) is 1. The molecule has 0 aromatic carbocycles. The number of carbonyl (C=O) groups is 1. The molecule has 0 radical (unpaired) electrons. The molecule has 88 valence electrons. The second kappa shape index (κ2) is 5.46. The van der Waals surface area contributed by atoms with Crippen LogP contribution in [-0.2, 0) is 4.79 Å². The van der Waals surface area contributed by atoms with E-state index in [-0.39, 0.29) is 11.7 Å². The highest BCUT2D eigenvalue weighted by molar-refractivity contribution is 8.01. The smallest absolute Gasteiger partial charge is 0.227 e. The maximum atomic E-state index is 10.6. The molecule has 16 heavy (non-hydrogen) atoms. The largest absolute Gasteiger partial charge is 0.369 e. The first-order valence-corrected chi connectivity index (χ1v) is 6.76. The SMILES string of the molecule is NC(=O)CSc1nnc(N2CCNCC2)s1. The third-order valence-corrected chi connectivity index (χ3v) is 4.26. The lowest BCUT2D eigenvalue weighted by Gasteiger charge is -2.26. The van der Waals surface area contributed by atoms with Crippen LogP contribution in [0.3, 0.4) is 0 Å². The van der Waals surface area contributed by atoms with E-state index < -0.39 is 0 Å². The number of aromatic nitrogens is 2. The Morgan fingerprint density at radius 3 is 2.94 bits per heavy atom. The fourth-order valence-corrected chi connectivity index (χ4v) is 3.01. The maximum absolute atomic E-state index is 10.6. The monoisotopic (exact) mass is 259 g/mol. The van der Waals surface area contributed by atoms with Gasteiger partial charge in [-0.3, -0.25) is 4.79 Å². The van der Waals surface area contributed by atoms with E-state index in [0.29, 0.717) is 0 Å². The van der Waals surface area contributed by atoms with Crippen LogP contribution in [0.25, 0.3) is 0 Å². The zero-order chi connectivity index (χ0) is 11.4. The molecule has 0 unspecified atom stereocenters. The van der Waals surface area contributed by atoms with Crippen LogP contribution >= 0.6 is 23.1 Å². The van der Waals surface area contributed by atoms with Gasteiger partial charge in [0, 0.05) is 26.2 Å². The second-order valence-electron chi connectivity index (χ2n) is 3.34. The van der Waals surface area contributed by atoms with E-state index in [0.717, 1.165) is 35.7 Å². The van der Waals surface area contributed by atoms with Crippen molar-refractivity contribution >= 4 is 34.1 Å². The topological polar surface area (TPSA) is 84.1 Å². The lowest BCUT2D eigenvalue weighted by molar-refractivity contribution is -0.115. The van der Waals surface area contributed by atoms with Gasteiger partial charge in [-0.1, -0.05) is 23.1 Å². The molecule has 0 aliphatic carbocycles. The fourth-order valence-electron chi connectivity index (χ4n) is 1.38. The Hall–Kier alpha value is -0.860. The number of nitrogens with zero attached hydrogens (tertiary/aromatic N) is 3. The molecule has 1 fully saturated rings. The number of primary amides is 1. The van der Waals surface area contributed by atoms with Crippen molar-refractivity contribution in [2.45, 2.75) is 4.34 Å². The number of thioether (sulfide) groups is 1. The first kappa shape index (κ1) is 11.6. The molecule has 0 bridgehead atoms. The van der Waals surface area contributed by atoms with Crippen LogP contribution in [0.5, 0.6) is 0 Å². The fraction of sp³-hybridized carbons (Fsp3) is 0.625. The van der Waals surface area contributed by atoms with E-state index >= 15 is 0 Å². The molecule has 1 aliphatic heterocycles. The molecule has 1 aliphatic rings. The molecule has 1 aromatic rings. The Labute approximate surface area is 102 Å². The average Bonchev–Trinajstić information content (AvgIpc) is 2.76. The number of nitrogens with two attached hydrogens (primary N) is 1. The highest BCUT2D eigenvalue weighted by atomic mass is 32.2. The zero-order valence-electron chi connectivity index (χ0n) is 8.68. The Bertz CT molecular complexity index is 363. The normalized spacial score (nSPS) is 16.4. The summed E-state index contributed by atoms with van der Waals surface area (Å²) in [4.78, 5) is 12.8. The van der Waals surface area contributed by atoms with Gasteiger partial charge in [0.2, 0.25) is 11.0 Å². The molecule has 8 heteroatoms. The molecule has 1 amide bonds. The van der Waals surface area contributed by atoms with E-state index in [1.54, 1.807) is 0 Å². The van der Waals surface area contributed by atoms with Gasteiger partial charge in [0.1, 0.15) is 0 Å². The van der Waals surface area contributed by atoms with Crippen molar-refractivity contribution in [3.05, 3.63) is 0 Å². The number of hydrogen-bond acceptors (Lipinski definition) is 7. The first-order chi connectivity index (χ1) is 7.75. The summed E-state index contributed by atoms with van der Waals surface area (Å²) in [5, 5.41) is 12.3. The Kier molecular flexibility index (Phi) is 3.97. The summed E-state index contributed by atoms with van der Waals surface area (Å²) in [6.07, 6.45) is 0. The van der Waals surface area contributed by atoms with E-state index in [4.69, 9.17) is 5.73 Å². The number of carbonyl (C=O) groups excluding carboxylic acids is 1. The van der Waals surface area contributed by atoms with Gasteiger partial charge >= 0.3 is 0 Å². The van der Waals surface area contributed by atoms with Gasteiger partial charge in [0.05, 0.1) is 5.75 Å². The molecule has 2 rings (SSSR count). The summed E-state index contributed by atoms with van der Waals surface area (Å²) in [5.74, 6) is -0.0696. The predicted octanol–water partition coefficient (Wildman–Crippen LogP) is -0.475. The van der Waals surface area contributed by atoms with E-state index in [9.17, 15) is 4.79 Å². The lowest BCUT2D eigenvalue weighted by atomic mass is 10.4. The Balaban J connectivity index is 1.93. The summed E-state index contributed by atoms with van der Waals surface area (Å²) in [7, 11) is 0. The highest BCUT2D eigenvalue weighted by Crippen LogP contribution is 2.27. The standard InChI is InChI=1S/C8H13N5OS2/c9-6(14)5-15-8-12-11-7(16-8)13-3-1-10-2-4-13/h10H,1-5H2,(H2,9,14). The maximum Gasteiger partial charge on any atom is 0.227 e. The summed E-state index contributed by atoms with van der Waals surface area (Å²) in [6, 6.07) is 0. The van der Waals surface area contributed by atoms with Crippen molar-refractivity contribution in [2.75, 3.05) is 36.8 Å². The average molecular weight is 259 g/mol. The van der Waals surface area contributed by atoms with E-state index in [1.807, 2.05) is 0 Å². The van der Waals surface area contributed by atoms with Crippen molar-refractivity contribution in [1.82, 2.24) is 15.5 Å². The molecular weight excluding hydrogens is 246 g/mol. The van der Waals surface area contributed by atoms with Crippen LogP contribution in [0.2, 0.25) is 0 Å². The molecule has 1 aromatic heterocycles. The summed E-state index contributed by atoms with van der Waals surface area (Å²) in [5.41, 5.74) is 5.07. The van der Waals surface area contributed by atoms with Crippen molar-refractivity contribution in [1.29, 1.82) is 0 Å². The van der Waals surface area contributed by atoms with Gasteiger partial charge in [0.25, 0.3) is 0 Å². The Morgan fingerprint density at radius 2 is 2.25 bits per heavy atom. The first-order valence-electron chi connectivity index (χ1n) is 4.96. The third kappa shape index (κ3) is 3.06. The van der Waals surface area contributed by atoms with Gasteiger partial charge in [-0.15, -0.1) is 10.2 Å². The van der Waals surface area contributed by atoms with Crippen LogP contribution in [0.15, 0.2) is 4.34 Å². The minimum absolute atomic E-state index is 0.260. The van der Waals surface area contributed by atoms with Crippen LogP contribution < -0.4 is 16.0 Å². The van der Waals surface area contributed by atoms with E-state index in [1.165, 1.54) is 23.1 Å². The minimum atomic E-state index is -0.330. The van der Waals surface area contributed by atoms with Crippen LogP contribution in [0.1, 0.15) is 0 Å². The highest BCUT2D eigenvalue weighted by Gasteiger charge is 2.15. The number of rotatable bonds is 4. The second-order valence-corrected chi connectivity index (χ2v) is 5.52. The van der Waals surface area contributed by atoms with Crippen molar-refractivity contribution in [3.8, 4) is 0 Å². The number of hydrogen-bond donors (Lipinski definition) is 2. The van der Waals surface area contributed by atoms with Crippen LogP contribution in [0, 0.1) is 0 Å². The van der Waals surface area contributed by atoms with Gasteiger partial charge in [-0.25, -0.2) is 0 Å². The quantitative estimate of drug-likeness (QED) is 0.711. The Morgan fingerprint density at radius 1 is 1.50 bits per heavy atom. The molecule has 0 saturated carbocycles. The molecule has 0 atom stereocenters. The number of piperazine rings is 1. The third-order valence-electron chi connectivity index (χ3n) is 2.12. The zero-order valence-corrected chi connectivity index (χ0v) is 10.3. The van der Waals surface area contributed by atoms with Crippen molar-refractivity contribution in [2.24, 2.45) is 5.73 Å². The predicted molar refractivity (Wildman–Crippen MR) is 64.9 cm³/mol. The molecule has 0 spiro atoms. The number of amides is 1. The lowest BCUT2D eigenvalue weighted by Crippen LogP contribution is -2.43. The van der Waals surface area contributed by atoms with Gasteiger partial charge in [-0.05, 0) is 0 Å². The summed E-state index contributed by atoms with van der Waals surface area (Å²) in [6.45, 7) is 3.86. The van der Waals surface area contributed by atoms with Crippen molar-refractivity contribution < 1.29 is 4.79 Å². The van der Waals surface area contributed by atoms with Crippen LogP contribution in [0.4, 0.5) is 5.13 Å². The summed E-state index contributed by atoms with van der Waals surface area (Å²) >= 11 is 2.85. The summed E-state index contributed by atoms with van der Waals surface area (Å²) < 4.78 is 0.798. The van der Waals surface area contributed by atoms with E-state index in [2.05, 4.69) is 20.4 Å². The van der Waals surface area contributed by atoms with Crippen LogP contribution in [-0.4, -0.2) is 48.0 Å². The van der Waals surface area contributed by atoms with Gasteiger partial charge in [0.15, 0.2) is 4.34 Å². The van der Waals surface area contributed by atoms with Gasteiger partial charge in [-0.2, -0.15) is 0 Å².